The zero-order chi connectivity index (χ0) is 16.3. The maximum atomic E-state index is 13.3. The summed E-state index contributed by atoms with van der Waals surface area (Å²) in [6.07, 6.45) is 2.81. The number of halogens is 2. The van der Waals surface area contributed by atoms with Crippen LogP contribution in [0.2, 0.25) is 0 Å². The molecule has 116 valence electrons. The molecule has 8 heteroatoms. The molecule has 2 aromatic rings. The summed E-state index contributed by atoms with van der Waals surface area (Å²) in [5.41, 5.74) is 0.384. The Kier molecular flexibility index (Phi) is 4.50. The molecule has 0 spiro atoms. The van der Waals surface area contributed by atoms with Crippen LogP contribution in [0.25, 0.3) is 0 Å². The first-order chi connectivity index (χ1) is 10.4. The van der Waals surface area contributed by atoms with Crippen molar-refractivity contribution in [2.24, 2.45) is 7.05 Å². The smallest absolute Gasteiger partial charge is 0.255 e. The zero-order valence-electron chi connectivity index (χ0n) is 11.9. The summed E-state index contributed by atoms with van der Waals surface area (Å²) >= 11 is 0. The van der Waals surface area contributed by atoms with Crippen LogP contribution in [0, 0.1) is 11.6 Å². The number of aromatic nitrogens is 2. The van der Waals surface area contributed by atoms with E-state index in [1.165, 1.54) is 30.2 Å². The first kappa shape index (κ1) is 15.6. The van der Waals surface area contributed by atoms with Gasteiger partial charge in [-0.2, -0.15) is 5.10 Å². The van der Waals surface area contributed by atoms with E-state index in [1.807, 2.05) is 0 Å². The minimum Gasteiger partial charge on any atom is -0.357 e. The third-order valence-electron chi connectivity index (χ3n) is 3.03. The van der Waals surface area contributed by atoms with Crippen LogP contribution in [0.4, 0.5) is 8.78 Å². The number of hydrogen-bond acceptors (Lipinski definition) is 3. The lowest BCUT2D eigenvalue weighted by atomic mass is 10.1. The van der Waals surface area contributed by atoms with Crippen molar-refractivity contribution in [2.75, 3.05) is 7.05 Å². The second-order valence-electron chi connectivity index (χ2n) is 4.60. The highest BCUT2D eigenvalue weighted by atomic mass is 19.2. The van der Waals surface area contributed by atoms with Crippen molar-refractivity contribution in [1.29, 1.82) is 0 Å². The third kappa shape index (κ3) is 3.27. The van der Waals surface area contributed by atoms with Crippen molar-refractivity contribution in [3.8, 4) is 0 Å². The van der Waals surface area contributed by atoms with Crippen LogP contribution >= 0.6 is 0 Å². The Labute approximate surface area is 125 Å². The summed E-state index contributed by atoms with van der Waals surface area (Å²) < 4.78 is 27.8. The van der Waals surface area contributed by atoms with Gasteiger partial charge in [-0.05, 0) is 17.7 Å². The number of carbonyl (C=O) groups is 2. The third-order valence-corrected chi connectivity index (χ3v) is 3.03. The molecule has 0 saturated carbocycles. The molecule has 0 bridgehead atoms. The molecule has 2 N–H and O–H groups in total. The first-order valence-electron chi connectivity index (χ1n) is 6.38. The van der Waals surface area contributed by atoms with E-state index in [2.05, 4.69) is 15.7 Å². The van der Waals surface area contributed by atoms with Gasteiger partial charge in [-0.1, -0.05) is 6.07 Å². The molecule has 1 heterocycles. The van der Waals surface area contributed by atoms with Crippen LogP contribution in [-0.4, -0.2) is 28.6 Å². The van der Waals surface area contributed by atoms with Crippen molar-refractivity contribution in [3.63, 3.8) is 0 Å². The van der Waals surface area contributed by atoms with Crippen LogP contribution < -0.4 is 10.6 Å². The molecular weight excluding hydrogens is 294 g/mol. The van der Waals surface area contributed by atoms with Crippen molar-refractivity contribution < 1.29 is 18.4 Å². The fourth-order valence-electron chi connectivity index (χ4n) is 1.89. The maximum absolute atomic E-state index is 13.3. The number of benzene rings is 1. The van der Waals surface area contributed by atoms with Crippen molar-refractivity contribution in [2.45, 2.75) is 6.04 Å². The van der Waals surface area contributed by atoms with Gasteiger partial charge in [-0.3, -0.25) is 14.3 Å². The average Bonchev–Trinajstić information content (AvgIpc) is 2.93. The van der Waals surface area contributed by atoms with Crippen LogP contribution in [0.5, 0.6) is 0 Å². The van der Waals surface area contributed by atoms with Crippen LogP contribution in [0.3, 0.4) is 0 Å². The molecule has 0 fully saturated rings. The van der Waals surface area contributed by atoms with Gasteiger partial charge in [0.25, 0.3) is 5.91 Å². The zero-order valence-corrected chi connectivity index (χ0v) is 11.9. The summed E-state index contributed by atoms with van der Waals surface area (Å²) in [6, 6.07) is 1.87. The van der Waals surface area contributed by atoms with E-state index in [4.69, 9.17) is 0 Å². The molecule has 1 unspecified atom stereocenters. The highest BCUT2D eigenvalue weighted by Crippen LogP contribution is 2.17. The molecule has 22 heavy (non-hydrogen) atoms. The average molecular weight is 308 g/mol. The minimum atomic E-state index is -1.15. The normalized spacial score (nSPS) is 11.8. The fraction of sp³-hybridized carbons (Fsp3) is 0.214. The number of nitrogens with zero attached hydrogens (tertiary/aromatic N) is 2. The van der Waals surface area contributed by atoms with E-state index in [1.54, 1.807) is 7.05 Å². The van der Waals surface area contributed by atoms with E-state index < -0.39 is 29.5 Å². The van der Waals surface area contributed by atoms with Gasteiger partial charge < -0.3 is 10.6 Å². The maximum Gasteiger partial charge on any atom is 0.255 e. The van der Waals surface area contributed by atoms with E-state index in [0.29, 0.717) is 0 Å². The second kappa shape index (κ2) is 6.33. The van der Waals surface area contributed by atoms with Crippen LogP contribution in [0.1, 0.15) is 22.0 Å². The van der Waals surface area contributed by atoms with E-state index in [-0.39, 0.29) is 11.1 Å². The summed E-state index contributed by atoms with van der Waals surface area (Å²) in [5.74, 6) is -3.23. The predicted molar refractivity (Wildman–Crippen MR) is 73.8 cm³/mol. The highest BCUT2D eigenvalue weighted by molar-refractivity contribution is 5.97. The number of nitrogens with one attached hydrogen (secondary N) is 2. The fourth-order valence-corrected chi connectivity index (χ4v) is 1.89. The standard InChI is InChI=1S/C14H14F2N4O2/c1-17-14(22)12(8-3-4-10(15)11(16)5-8)19-13(21)9-6-18-20(2)7-9/h3-7,12H,1-2H3,(H,17,22)(H,19,21). The van der Waals surface area contributed by atoms with Gasteiger partial charge >= 0.3 is 0 Å². The number of aryl methyl sites for hydroxylation is 1. The second-order valence-corrected chi connectivity index (χ2v) is 4.60. The Hall–Kier alpha value is -2.77. The Bertz CT molecular complexity index is 715. The van der Waals surface area contributed by atoms with Crippen molar-refractivity contribution in [3.05, 3.63) is 53.4 Å². The summed E-state index contributed by atoms with van der Waals surface area (Å²) in [7, 11) is 3.02. The molecule has 0 aliphatic heterocycles. The van der Waals surface area contributed by atoms with Crippen LogP contribution in [-0.2, 0) is 11.8 Å². The molecule has 0 aliphatic rings. The Morgan fingerprint density at radius 3 is 2.55 bits per heavy atom. The molecule has 0 aliphatic carbocycles. The number of likely N-dealkylation sites (N-methyl/N-ethyl adjacent to an activating group) is 1. The van der Waals surface area contributed by atoms with Gasteiger partial charge in [0.05, 0.1) is 11.8 Å². The predicted octanol–water partition coefficient (Wildman–Crippen LogP) is 0.915. The molecule has 1 aromatic heterocycles. The van der Waals surface area contributed by atoms with Gasteiger partial charge in [-0.25, -0.2) is 8.78 Å². The topological polar surface area (TPSA) is 76.0 Å². The van der Waals surface area contributed by atoms with E-state index in [0.717, 1.165) is 12.1 Å². The van der Waals surface area contributed by atoms with Gasteiger partial charge in [0.1, 0.15) is 6.04 Å². The molecule has 1 aromatic carbocycles. The number of hydrogen-bond donors (Lipinski definition) is 2. The van der Waals surface area contributed by atoms with Crippen molar-refractivity contribution >= 4 is 11.8 Å². The Morgan fingerprint density at radius 2 is 2.00 bits per heavy atom. The van der Waals surface area contributed by atoms with Gasteiger partial charge in [-0.15, -0.1) is 0 Å². The number of rotatable bonds is 4. The minimum absolute atomic E-state index is 0.135. The van der Waals surface area contributed by atoms with Crippen LogP contribution in [0.15, 0.2) is 30.6 Å². The first-order valence-corrected chi connectivity index (χ1v) is 6.38. The molecule has 2 amide bonds. The van der Waals surface area contributed by atoms with Gasteiger partial charge in [0, 0.05) is 20.3 Å². The summed E-state index contributed by atoms with van der Waals surface area (Å²) in [4.78, 5) is 24.0. The molecule has 2 rings (SSSR count). The largest absolute Gasteiger partial charge is 0.357 e. The molecule has 0 saturated heterocycles. The van der Waals surface area contributed by atoms with Crippen molar-refractivity contribution in [1.82, 2.24) is 20.4 Å². The van der Waals surface area contributed by atoms with Gasteiger partial charge in [0.15, 0.2) is 11.6 Å². The summed E-state index contributed by atoms with van der Waals surface area (Å²) in [6.45, 7) is 0. The lowest BCUT2D eigenvalue weighted by molar-refractivity contribution is -0.122. The SMILES string of the molecule is CNC(=O)C(NC(=O)c1cnn(C)c1)c1ccc(F)c(F)c1. The Morgan fingerprint density at radius 1 is 1.27 bits per heavy atom. The molecule has 1 atom stereocenters. The lowest BCUT2D eigenvalue weighted by Crippen LogP contribution is -2.39. The van der Waals surface area contributed by atoms with Gasteiger partial charge in [0.2, 0.25) is 5.91 Å². The van der Waals surface area contributed by atoms with E-state index >= 15 is 0 Å². The Balaban J connectivity index is 2.28. The highest BCUT2D eigenvalue weighted by Gasteiger charge is 2.24. The quantitative estimate of drug-likeness (QED) is 0.882. The molecule has 0 radical (unpaired) electrons. The number of amides is 2. The van der Waals surface area contributed by atoms with E-state index in [9.17, 15) is 18.4 Å². The molecule has 6 nitrogen and oxygen atoms in total. The summed E-state index contributed by atoms with van der Waals surface area (Å²) in [5, 5.41) is 8.69. The lowest BCUT2D eigenvalue weighted by Gasteiger charge is -2.17. The monoisotopic (exact) mass is 308 g/mol. The number of carbonyl (C=O) groups excluding carboxylic acids is 2. The molecular formula is C14H14F2N4O2.